The minimum atomic E-state index is -4.49. The van der Waals surface area contributed by atoms with E-state index in [9.17, 15) is 16.8 Å². The van der Waals surface area contributed by atoms with Crippen molar-refractivity contribution in [3.63, 3.8) is 0 Å². The third-order valence-electron chi connectivity index (χ3n) is 5.48. The van der Waals surface area contributed by atoms with Crippen LogP contribution in [-0.2, 0) is 20.0 Å². The van der Waals surface area contributed by atoms with Gasteiger partial charge < -0.3 is 10.1 Å². The van der Waals surface area contributed by atoms with Gasteiger partial charge in [-0.2, -0.15) is 3.71 Å². The SMILES string of the molecule is Cc1ccc(S(=O)(=O)N(c2cccc(OCCNc3ccncc3)c2)S(=O)(=O)c2ccc(C)cc2)cc1. The molecule has 4 aromatic rings. The minimum Gasteiger partial charge on any atom is -0.492 e. The molecule has 1 aromatic heterocycles. The summed E-state index contributed by atoms with van der Waals surface area (Å²) in [5.41, 5.74) is 2.53. The predicted molar refractivity (Wildman–Crippen MR) is 144 cm³/mol. The lowest BCUT2D eigenvalue weighted by Gasteiger charge is -2.24. The molecule has 1 heterocycles. The first-order valence-corrected chi connectivity index (χ1v) is 14.4. The lowest BCUT2D eigenvalue weighted by molar-refractivity contribution is 0.333. The summed E-state index contributed by atoms with van der Waals surface area (Å²) < 4.78 is 61.3. The van der Waals surface area contributed by atoms with E-state index in [0.717, 1.165) is 16.8 Å². The van der Waals surface area contributed by atoms with E-state index in [1.165, 1.54) is 36.4 Å². The predicted octanol–water partition coefficient (Wildman–Crippen LogP) is 4.77. The van der Waals surface area contributed by atoms with Gasteiger partial charge in [0.25, 0.3) is 20.0 Å². The van der Waals surface area contributed by atoms with Gasteiger partial charge in [-0.25, -0.2) is 16.8 Å². The van der Waals surface area contributed by atoms with Gasteiger partial charge in [0.15, 0.2) is 0 Å². The van der Waals surface area contributed by atoms with Gasteiger partial charge >= 0.3 is 0 Å². The molecule has 0 amide bonds. The number of aryl methyl sites for hydroxylation is 2. The van der Waals surface area contributed by atoms with Crippen LogP contribution in [0.5, 0.6) is 5.75 Å². The first kappa shape index (κ1) is 26.2. The Morgan fingerprint density at radius 2 is 1.30 bits per heavy atom. The van der Waals surface area contributed by atoms with Gasteiger partial charge in [0.05, 0.1) is 15.5 Å². The Morgan fingerprint density at radius 3 is 1.84 bits per heavy atom. The molecule has 0 saturated carbocycles. The van der Waals surface area contributed by atoms with Crippen molar-refractivity contribution < 1.29 is 21.6 Å². The summed E-state index contributed by atoms with van der Waals surface area (Å²) in [5.74, 6) is 0.331. The fourth-order valence-electron chi connectivity index (χ4n) is 3.54. The van der Waals surface area contributed by atoms with Gasteiger partial charge in [0.1, 0.15) is 12.4 Å². The van der Waals surface area contributed by atoms with Crippen LogP contribution in [0, 0.1) is 13.8 Å². The number of sulfonamides is 2. The van der Waals surface area contributed by atoms with E-state index in [4.69, 9.17) is 4.74 Å². The maximum atomic E-state index is 13.8. The number of pyridine rings is 1. The fraction of sp³-hybridized carbons (Fsp3) is 0.148. The molecule has 0 spiro atoms. The van der Waals surface area contributed by atoms with Crippen molar-refractivity contribution >= 4 is 31.4 Å². The van der Waals surface area contributed by atoms with Crippen LogP contribution in [0.4, 0.5) is 11.4 Å². The standard InChI is InChI=1S/C27H27N3O5S2/c1-21-6-10-26(11-7-21)36(31,32)30(37(33,34)27-12-8-22(2)9-13-27)24-4-3-5-25(20-24)35-19-18-29-23-14-16-28-17-15-23/h3-17,20H,18-19H2,1-2H3,(H,28,29). The van der Waals surface area contributed by atoms with E-state index >= 15 is 0 Å². The van der Waals surface area contributed by atoms with Crippen molar-refractivity contribution in [2.75, 3.05) is 22.2 Å². The maximum Gasteiger partial charge on any atom is 0.277 e. The molecule has 3 aromatic carbocycles. The molecule has 0 fully saturated rings. The summed E-state index contributed by atoms with van der Waals surface area (Å²) >= 11 is 0. The minimum absolute atomic E-state index is 0.0549. The number of rotatable bonds is 10. The van der Waals surface area contributed by atoms with E-state index < -0.39 is 20.0 Å². The second-order valence-electron chi connectivity index (χ2n) is 8.34. The molecule has 0 atom stereocenters. The average Bonchev–Trinajstić information content (AvgIpc) is 2.88. The number of nitrogens with zero attached hydrogens (tertiary/aromatic N) is 2. The van der Waals surface area contributed by atoms with E-state index in [1.807, 2.05) is 26.0 Å². The van der Waals surface area contributed by atoms with Crippen LogP contribution in [0.15, 0.2) is 107 Å². The van der Waals surface area contributed by atoms with Crippen molar-refractivity contribution in [2.24, 2.45) is 0 Å². The average molecular weight is 538 g/mol. The summed E-state index contributed by atoms with van der Waals surface area (Å²) in [4.78, 5) is 3.69. The van der Waals surface area contributed by atoms with Gasteiger partial charge in [0, 0.05) is 30.7 Å². The zero-order valence-corrected chi connectivity index (χ0v) is 22.0. The molecular formula is C27H27N3O5S2. The highest BCUT2D eigenvalue weighted by atomic mass is 32.3. The number of anilines is 2. The lowest BCUT2D eigenvalue weighted by atomic mass is 10.2. The lowest BCUT2D eigenvalue weighted by Crippen LogP contribution is -2.37. The summed E-state index contributed by atoms with van der Waals surface area (Å²) in [6, 6.07) is 21.8. The molecule has 0 aliphatic heterocycles. The third-order valence-corrected chi connectivity index (χ3v) is 9.69. The molecule has 1 N–H and O–H groups in total. The highest BCUT2D eigenvalue weighted by Crippen LogP contribution is 2.33. The van der Waals surface area contributed by atoms with Crippen LogP contribution in [0.1, 0.15) is 11.1 Å². The Balaban J connectivity index is 1.68. The van der Waals surface area contributed by atoms with Crippen molar-refractivity contribution in [2.45, 2.75) is 23.6 Å². The maximum absolute atomic E-state index is 13.8. The monoisotopic (exact) mass is 537 g/mol. The molecule has 8 nitrogen and oxygen atoms in total. The highest BCUT2D eigenvalue weighted by molar-refractivity contribution is 8.10. The van der Waals surface area contributed by atoms with Crippen LogP contribution in [-0.4, -0.2) is 35.0 Å². The first-order valence-electron chi connectivity index (χ1n) is 11.5. The Morgan fingerprint density at radius 1 is 0.757 bits per heavy atom. The van der Waals surface area contributed by atoms with Crippen molar-refractivity contribution in [3.8, 4) is 5.75 Å². The Bertz CT molecular complexity index is 1480. The second kappa shape index (κ2) is 11.0. The van der Waals surface area contributed by atoms with Gasteiger partial charge in [0.2, 0.25) is 0 Å². The number of aromatic nitrogens is 1. The summed E-state index contributed by atoms with van der Waals surface area (Å²) in [6.07, 6.45) is 3.34. The van der Waals surface area contributed by atoms with E-state index in [2.05, 4.69) is 10.3 Å². The van der Waals surface area contributed by atoms with E-state index in [-0.39, 0.29) is 22.1 Å². The normalized spacial score (nSPS) is 11.6. The van der Waals surface area contributed by atoms with Gasteiger partial charge in [-0.05, 0) is 62.4 Å². The zero-order valence-electron chi connectivity index (χ0n) is 20.4. The summed E-state index contributed by atoms with van der Waals surface area (Å²) in [5, 5.41) is 3.19. The molecule has 192 valence electrons. The van der Waals surface area contributed by atoms with Crippen molar-refractivity contribution in [3.05, 3.63) is 108 Å². The number of ether oxygens (including phenoxy) is 1. The fourth-order valence-corrected chi connectivity index (χ4v) is 7.21. The summed E-state index contributed by atoms with van der Waals surface area (Å²) in [7, 11) is -8.99. The number of hydrogen-bond acceptors (Lipinski definition) is 7. The number of nitrogens with one attached hydrogen (secondary N) is 1. The topological polar surface area (TPSA) is 106 Å². The van der Waals surface area contributed by atoms with Gasteiger partial charge in [-0.3, -0.25) is 4.98 Å². The molecule has 0 aliphatic carbocycles. The first-order chi connectivity index (χ1) is 17.7. The van der Waals surface area contributed by atoms with Crippen LogP contribution in [0.25, 0.3) is 0 Å². The van der Waals surface area contributed by atoms with Gasteiger partial charge in [-0.1, -0.05) is 41.5 Å². The van der Waals surface area contributed by atoms with Crippen LogP contribution >= 0.6 is 0 Å². The largest absolute Gasteiger partial charge is 0.492 e. The molecule has 10 heteroatoms. The number of hydrogen-bond donors (Lipinski definition) is 1. The van der Waals surface area contributed by atoms with Crippen molar-refractivity contribution in [1.82, 2.24) is 4.98 Å². The molecule has 0 unspecified atom stereocenters. The second-order valence-corrected chi connectivity index (χ2v) is 12.1. The highest BCUT2D eigenvalue weighted by Gasteiger charge is 2.37. The van der Waals surface area contributed by atoms with E-state index in [1.54, 1.807) is 48.8 Å². The molecular weight excluding hydrogens is 510 g/mol. The van der Waals surface area contributed by atoms with Crippen LogP contribution in [0.3, 0.4) is 0 Å². The molecule has 4 rings (SSSR count). The Hall–Kier alpha value is -3.89. The zero-order chi connectivity index (χ0) is 26.5. The third kappa shape index (κ3) is 6.10. The molecule has 37 heavy (non-hydrogen) atoms. The van der Waals surface area contributed by atoms with Crippen LogP contribution in [0.2, 0.25) is 0 Å². The number of benzene rings is 3. The molecule has 0 saturated heterocycles. The van der Waals surface area contributed by atoms with Crippen LogP contribution < -0.4 is 13.8 Å². The Kier molecular flexibility index (Phi) is 7.80. The van der Waals surface area contributed by atoms with Gasteiger partial charge in [-0.15, -0.1) is 0 Å². The molecule has 0 radical (unpaired) electrons. The Labute approximate surface area is 217 Å². The van der Waals surface area contributed by atoms with Crippen molar-refractivity contribution in [1.29, 1.82) is 0 Å². The smallest absolute Gasteiger partial charge is 0.277 e. The summed E-state index contributed by atoms with van der Waals surface area (Å²) in [6.45, 7) is 4.38. The molecule has 0 bridgehead atoms. The molecule has 0 aliphatic rings. The quantitative estimate of drug-likeness (QED) is 0.290. The van der Waals surface area contributed by atoms with E-state index in [0.29, 0.717) is 16.0 Å².